The smallest absolute Gasteiger partial charge is 0.264 e. The van der Waals surface area contributed by atoms with E-state index in [9.17, 15) is 8.42 Å². The molecule has 1 heterocycles. The lowest BCUT2D eigenvalue weighted by Gasteiger charge is -2.33. The van der Waals surface area contributed by atoms with Gasteiger partial charge in [0, 0.05) is 18.3 Å². The third-order valence-electron chi connectivity index (χ3n) is 3.85. The summed E-state index contributed by atoms with van der Waals surface area (Å²) < 4.78 is 33.1. The highest BCUT2D eigenvalue weighted by atomic mass is 32.2. The lowest BCUT2D eigenvalue weighted by atomic mass is 10.1. The SMILES string of the molecule is COc1ccncc1N([C@H](C)C(C)C)S(=O)(=O)c1ccccc1. The Morgan fingerprint density at radius 2 is 1.74 bits per heavy atom. The molecule has 2 aromatic rings. The van der Waals surface area contributed by atoms with Gasteiger partial charge in [-0.2, -0.15) is 0 Å². The molecule has 1 aromatic heterocycles. The molecular weight excluding hydrogens is 312 g/mol. The highest BCUT2D eigenvalue weighted by Crippen LogP contribution is 2.34. The lowest BCUT2D eigenvalue weighted by Crippen LogP contribution is -2.42. The van der Waals surface area contributed by atoms with Crippen molar-refractivity contribution in [3.05, 3.63) is 48.8 Å². The first kappa shape index (κ1) is 17.3. The predicted octanol–water partition coefficient (Wildman–Crippen LogP) is 3.33. The average Bonchev–Trinajstić information content (AvgIpc) is 2.56. The molecule has 0 saturated carbocycles. The van der Waals surface area contributed by atoms with Gasteiger partial charge in [-0.1, -0.05) is 32.0 Å². The number of nitrogens with zero attached hydrogens (tertiary/aromatic N) is 2. The van der Waals surface area contributed by atoms with Crippen LogP contribution in [0, 0.1) is 5.92 Å². The lowest BCUT2D eigenvalue weighted by molar-refractivity contribution is 0.412. The van der Waals surface area contributed by atoms with E-state index in [1.807, 2.05) is 20.8 Å². The average molecular weight is 334 g/mol. The molecule has 0 unspecified atom stereocenters. The monoisotopic (exact) mass is 334 g/mol. The van der Waals surface area contributed by atoms with Crippen LogP contribution in [0.1, 0.15) is 20.8 Å². The molecule has 6 heteroatoms. The Morgan fingerprint density at radius 1 is 1.09 bits per heavy atom. The van der Waals surface area contributed by atoms with Crippen molar-refractivity contribution in [3.63, 3.8) is 0 Å². The minimum Gasteiger partial charge on any atom is -0.494 e. The second-order valence-corrected chi connectivity index (χ2v) is 7.46. The van der Waals surface area contributed by atoms with Crippen molar-refractivity contribution >= 4 is 15.7 Å². The van der Waals surface area contributed by atoms with E-state index in [0.717, 1.165) is 0 Å². The molecule has 0 fully saturated rings. The first-order valence-corrected chi connectivity index (χ1v) is 8.91. The fraction of sp³-hybridized carbons (Fsp3) is 0.353. The van der Waals surface area contributed by atoms with Crippen LogP contribution in [0.3, 0.4) is 0 Å². The molecule has 2 rings (SSSR count). The molecule has 0 radical (unpaired) electrons. The second kappa shape index (κ2) is 7.00. The van der Waals surface area contributed by atoms with Gasteiger partial charge in [0.1, 0.15) is 11.4 Å². The molecule has 0 spiro atoms. The first-order valence-electron chi connectivity index (χ1n) is 7.47. The van der Waals surface area contributed by atoms with Crippen LogP contribution in [-0.2, 0) is 10.0 Å². The largest absolute Gasteiger partial charge is 0.494 e. The summed E-state index contributed by atoms with van der Waals surface area (Å²) in [5, 5.41) is 0. The van der Waals surface area contributed by atoms with Crippen LogP contribution in [0.5, 0.6) is 5.75 Å². The molecule has 23 heavy (non-hydrogen) atoms. The van der Waals surface area contributed by atoms with Crippen molar-refractivity contribution in [3.8, 4) is 5.75 Å². The van der Waals surface area contributed by atoms with Crippen molar-refractivity contribution in [2.75, 3.05) is 11.4 Å². The zero-order chi connectivity index (χ0) is 17.0. The topological polar surface area (TPSA) is 59.5 Å². The Morgan fingerprint density at radius 3 is 2.30 bits per heavy atom. The maximum atomic E-state index is 13.2. The quantitative estimate of drug-likeness (QED) is 0.813. The summed E-state index contributed by atoms with van der Waals surface area (Å²) in [5.41, 5.74) is 0.444. The fourth-order valence-corrected chi connectivity index (χ4v) is 4.06. The minimum atomic E-state index is -3.72. The molecule has 124 valence electrons. The van der Waals surface area contributed by atoms with Crippen LogP contribution in [0.2, 0.25) is 0 Å². The van der Waals surface area contributed by atoms with Crippen LogP contribution in [0.25, 0.3) is 0 Å². The van der Waals surface area contributed by atoms with Gasteiger partial charge in [-0.05, 0) is 25.0 Å². The van der Waals surface area contributed by atoms with Gasteiger partial charge in [0.2, 0.25) is 0 Å². The van der Waals surface area contributed by atoms with Crippen LogP contribution in [-0.4, -0.2) is 26.6 Å². The van der Waals surface area contributed by atoms with E-state index in [0.29, 0.717) is 11.4 Å². The van der Waals surface area contributed by atoms with Gasteiger partial charge in [0.15, 0.2) is 0 Å². The number of methoxy groups -OCH3 is 1. The van der Waals surface area contributed by atoms with Crippen LogP contribution < -0.4 is 9.04 Å². The van der Waals surface area contributed by atoms with Gasteiger partial charge in [0.25, 0.3) is 10.0 Å². The minimum absolute atomic E-state index is 0.124. The number of pyridine rings is 1. The maximum absolute atomic E-state index is 13.2. The Labute approximate surface area is 138 Å². The molecule has 0 aliphatic heterocycles. The predicted molar refractivity (Wildman–Crippen MR) is 91.2 cm³/mol. The standard InChI is InChI=1S/C17H22N2O3S/c1-13(2)14(3)19(16-12-18-11-10-17(16)22-4)23(20,21)15-8-6-5-7-9-15/h5-14H,1-4H3/t14-/m1/s1. The van der Waals surface area contributed by atoms with Crippen molar-refractivity contribution < 1.29 is 13.2 Å². The summed E-state index contributed by atoms with van der Waals surface area (Å²) in [4.78, 5) is 4.33. The highest BCUT2D eigenvalue weighted by molar-refractivity contribution is 7.92. The Balaban J connectivity index is 2.64. The van der Waals surface area contributed by atoms with Gasteiger partial charge in [-0.3, -0.25) is 9.29 Å². The summed E-state index contributed by atoms with van der Waals surface area (Å²) in [6, 6.07) is 9.82. The summed E-state index contributed by atoms with van der Waals surface area (Å²) in [5.74, 6) is 0.602. The van der Waals surface area contributed by atoms with Gasteiger partial charge in [-0.15, -0.1) is 0 Å². The summed E-state index contributed by atoms with van der Waals surface area (Å²) in [7, 11) is -2.20. The van der Waals surface area contributed by atoms with E-state index in [-0.39, 0.29) is 16.9 Å². The number of benzene rings is 1. The van der Waals surface area contributed by atoms with Crippen LogP contribution in [0.15, 0.2) is 53.7 Å². The number of hydrogen-bond donors (Lipinski definition) is 0. The normalized spacial score (nSPS) is 12.9. The van der Waals surface area contributed by atoms with Gasteiger partial charge < -0.3 is 4.74 Å². The molecule has 0 saturated heterocycles. The molecule has 1 atom stereocenters. The number of ether oxygens (including phenoxy) is 1. The van der Waals surface area contributed by atoms with Crippen molar-refractivity contribution in [2.24, 2.45) is 5.92 Å². The van der Waals surface area contributed by atoms with E-state index in [4.69, 9.17) is 4.74 Å². The zero-order valence-electron chi connectivity index (χ0n) is 13.8. The number of anilines is 1. The highest BCUT2D eigenvalue weighted by Gasteiger charge is 2.33. The van der Waals surface area contributed by atoms with Gasteiger partial charge in [0.05, 0.1) is 18.2 Å². The number of sulfonamides is 1. The second-order valence-electron chi connectivity index (χ2n) is 5.65. The van der Waals surface area contributed by atoms with E-state index in [1.54, 1.807) is 42.6 Å². The third-order valence-corrected chi connectivity index (χ3v) is 5.77. The molecular formula is C17H22N2O3S. The van der Waals surface area contributed by atoms with E-state index in [2.05, 4.69) is 4.98 Å². The van der Waals surface area contributed by atoms with E-state index >= 15 is 0 Å². The molecule has 0 aliphatic rings. The number of rotatable bonds is 6. The number of aromatic nitrogens is 1. The first-order chi connectivity index (χ1) is 10.9. The van der Waals surface area contributed by atoms with E-state index in [1.165, 1.54) is 17.6 Å². The van der Waals surface area contributed by atoms with Crippen molar-refractivity contribution in [1.29, 1.82) is 0 Å². The van der Waals surface area contributed by atoms with Gasteiger partial charge in [-0.25, -0.2) is 8.42 Å². The van der Waals surface area contributed by atoms with Crippen LogP contribution >= 0.6 is 0 Å². The van der Waals surface area contributed by atoms with Crippen molar-refractivity contribution in [1.82, 2.24) is 4.98 Å². The third kappa shape index (κ3) is 3.47. The summed E-state index contributed by atoms with van der Waals surface area (Å²) in [6.45, 7) is 5.86. The molecule has 0 aliphatic carbocycles. The molecule has 5 nitrogen and oxygen atoms in total. The maximum Gasteiger partial charge on any atom is 0.264 e. The molecule has 0 amide bonds. The number of hydrogen-bond acceptors (Lipinski definition) is 4. The Bertz CT molecular complexity index is 745. The van der Waals surface area contributed by atoms with Crippen molar-refractivity contribution in [2.45, 2.75) is 31.7 Å². The molecule has 0 bridgehead atoms. The summed E-state index contributed by atoms with van der Waals surface area (Å²) in [6.07, 6.45) is 3.11. The van der Waals surface area contributed by atoms with Gasteiger partial charge >= 0.3 is 0 Å². The fourth-order valence-electron chi connectivity index (χ4n) is 2.26. The van der Waals surface area contributed by atoms with E-state index < -0.39 is 10.0 Å². The van der Waals surface area contributed by atoms with Crippen LogP contribution in [0.4, 0.5) is 5.69 Å². The molecule has 0 N–H and O–H groups in total. The summed E-state index contributed by atoms with van der Waals surface area (Å²) >= 11 is 0. The zero-order valence-corrected chi connectivity index (χ0v) is 14.6. The Hall–Kier alpha value is -2.08. The Kier molecular flexibility index (Phi) is 5.26. The molecule has 1 aromatic carbocycles.